The largest absolute Gasteiger partial charge is 0.0654 e. The molecule has 0 aliphatic heterocycles. The summed E-state index contributed by atoms with van der Waals surface area (Å²) in [5.41, 5.74) is 10.4. The molecule has 0 spiro atoms. The Morgan fingerprint density at radius 2 is 1.71 bits per heavy atom. The van der Waals surface area contributed by atoms with Gasteiger partial charge in [0, 0.05) is 16.7 Å². The zero-order chi connectivity index (χ0) is 19.9. The smallest absolute Gasteiger partial charge is 0.0211 e. The van der Waals surface area contributed by atoms with E-state index in [0.717, 1.165) is 0 Å². The van der Waals surface area contributed by atoms with E-state index >= 15 is 0 Å². The summed E-state index contributed by atoms with van der Waals surface area (Å²) in [4.78, 5) is 0. The number of aryl methyl sites for hydroxylation is 1. The summed E-state index contributed by atoms with van der Waals surface area (Å²) in [6.45, 7) is 12.0. The Morgan fingerprint density at radius 3 is 2.50 bits per heavy atom. The number of hydrogen-bond acceptors (Lipinski definition) is 0. The van der Waals surface area contributed by atoms with Crippen molar-refractivity contribution >= 4 is 0 Å². The van der Waals surface area contributed by atoms with Crippen LogP contribution in [0.15, 0.2) is 41.0 Å². The average molecular weight is 377 g/mol. The first-order valence-corrected chi connectivity index (χ1v) is 11.9. The lowest BCUT2D eigenvalue weighted by atomic mass is 9.53. The summed E-state index contributed by atoms with van der Waals surface area (Å²) in [5, 5.41) is 0. The fourth-order valence-corrected chi connectivity index (χ4v) is 7.14. The van der Waals surface area contributed by atoms with Gasteiger partial charge in [0.15, 0.2) is 0 Å². The molecule has 0 heteroatoms. The maximum atomic E-state index is 2.57. The fourth-order valence-electron chi connectivity index (χ4n) is 7.14. The minimum Gasteiger partial charge on any atom is -0.0654 e. The van der Waals surface area contributed by atoms with Gasteiger partial charge in [-0.1, -0.05) is 98.9 Å². The summed E-state index contributed by atoms with van der Waals surface area (Å²) in [6, 6.07) is 7.42. The Balaban J connectivity index is 1.74. The van der Waals surface area contributed by atoms with Gasteiger partial charge in [0.1, 0.15) is 0 Å². The quantitative estimate of drug-likeness (QED) is 0.419. The first kappa shape index (κ1) is 20.0. The molecule has 0 bridgehead atoms. The van der Waals surface area contributed by atoms with Gasteiger partial charge in [0.25, 0.3) is 0 Å². The van der Waals surface area contributed by atoms with Gasteiger partial charge in [-0.2, -0.15) is 0 Å². The molecule has 0 N–H and O–H groups in total. The molecule has 1 fully saturated rings. The van der Waals surface area contributed by atoms with E-state index in [1.165, 1.54) is 69.8 Å². The second kappa shape index (κ2) is 7.51. The number of rotatable bonds is 7. The molecule has 0 saturated heterocycles. The molecule has 28 heavy (non-hydrogen) atoms. The molecule has 4 rings (SSSR count). The summed E-state index contributed by atoms with van der Waals surface area (Å²) in [6.07, 6.45) is 16.4. The van der Waals surface area contributed by atoms with Gasteiger partial charge in [-0.15, -0.1) is 0 Å². The van der Waals surface area contributed by atoms with Gasteiger partial charge in [0.2, 0.25) is 0 Å². The first-order valence-electron chi connectivity index (χ1n) is 11.9. The van der Waals surface area contributed by atoms with Crippen LogP contribution in [0.25, 0.3) is 0 Å². The van der Waals surface area contributed by atoms with Crippen LogP contribution in [0.3, 0.4) is 0 Å². The van der Waals surface area contributed by atoms with E-state index in [1.807, 2.05) is 0 Å². The third-order valence-corrected chi connectivity index (χ3v) is 8.55. The van der Waals surface area contributed by atoms with Crippen LogP contribution in [0.1, 0.15) is 109 Å². The second-order valence-corrected chi connectivity index (χ2v) is 10.2. The first-order chi connectivity index (χ1) is 13.4. The van der Waals surface area contributed by atoms with E-state index in [4.69, 9.17) is 0 Å². The van der Waals surface area contributed by atoms with Gasteiger partial charge in [-0.25, -0.2) is 0 Å². The highest BCUT2D eigenvalue weighted by Crippen LogP contribution is 2.67. The zero-order valence-corrected chi connectivity index (χ0v) is 19.0. The standard InChI is InChI=1S/C28H40/c1-6-7-8-9-10-11-16-28-17-12-13-23-21(3)19-22(4)27(5,26(23)28)24-15-14-20(2)18-25(24)28/h14-15,18-19,26H,6-13,16-17H2,1-5H3. The summed E-state index contributed by atoms with van der Waals surface area (Å²) in [5.74, 6) is 0.700. The van der Waals surface area contributed by atoms with Crippen LogP contribution < -0.4 is 0 Å². The Hall–Kier alpha value is -1.30. The van der Waals surface area contributed by atoms with E-state index in [1.54, 1.807) is 27.8 Å². The maximum absolute atomic E-state index is 2.57. The summed E-state index contributed by atoms with van der Waals surface area (Å²) in [7, 11) is 0. The van der Waals surface area contributed by atoms with Crippen molar-refractivity contribution in [2.45, 2.75) is 110 Å². The van der Waals surface area contributed by atoms with E-state index in [0.29, 0.717) is 11.3 Å². The van der Waals surface area contributed by atoms with Gasteiger partial charge in [0.05, 0.1) is 0 Å². The molecule has 0 radical (unpaired) electrons. The molecular formula is C28H40. The minimum absolute atomic E-state index is 0.209. The normalized spacial score (nSPS) is 30.9. The molecule has 0 nitrogen and oxygen atoms in total. The van der Waals surface area contributed by atoms with Crippen molar-refractivity contribution < 1.29 is 0 Å². The Morgan fingerprint density at radius 1 is 0.964 bits per heavy atom. The molecular weight excluding hydrogens is 336 g/mol. The molecule has 3 aliphatic rings. The zero-order valence-electron chi connectivity index (χ0n) is 19.0. The molecule has 152 valence electrons. The van der Waals surface area contributed by atoms with Crippen LogP contribution in [0, 0.1) is 12.8 Å². The van der Waals surface area contributed by atoms with Crippen molar-refractivity contribution in [1.82, 2.24) is 0 Å². The van der Waals surface area contributed by atoms with Gasteiger partial charge < -0.3 is 0 Å². The molecule has 3 unspecified atom stereocenters. The van der Waals surface area contributed by atoms with Crippen LogP contribution >= 0.6 is 0 Å². The van der Waals surface area contributed by atoms with Crippen LogP contribution in [0.5, 0.6) is 0 Å². The van der Waals surface area contributed by atoms with Crippen molar-refractivity contribution in [1.29, 1.82) is 0 Å². The maximum Gasteiger partial charge on any atom is 0.0211 e. The number of allylic oxidation sites excluding steroid dienone is 4. The topological polar surface area (TPSA) is 0 Å². The monoisotopic (exact) mass is 376 g/mol. The molecule has 0 aromatic heterocycles. The number of benzene rings is 1. The van der Waals surface area contributed by atoms with Crippen LogP contribution in [0.2, 0.25) is 0 Å². The summed E-state index contributed by atoms with van der Waals surface area (Å²) >= 11 is 0. The lowest BCUT2D eigenvalue weighted by Gasteiger charge is -2.50. The number of unbranched alkanes of at least 4 members (excludes halogenated alkanes) is 5. The molecule has 3 aliphatic carbocycles. The van der Waals surface area contributed by atoms with Gasteiger partial charge >= 0.3 is 0 Å². The highest BCUT2D eigenvalue weighted by Gasteiger charge is 2.61. The number of hydrogen-bond donors (Lipinski definition) is 0. The predicted molar refractivity (Wildman–Crippen MR) is 122 cm³/mol. The third-order valence-electron chi connectivity index (χ3n) is 8.55. The van der Waals surface area contributed by atoms with Crippen LogP contribution in [-0.2, 0) is 10.8 Å². The second-order valence-electron chi connectivity index (χ2n) is 10.2. The van der Waals surface area contributed by atoms with Crippen molar-refractivity contribution in [3.05, 3.63) is 57.7 Å². The molecule has 0 amide bonds. The minimum atomic E-state index is 0.209. The average Bonchev–Trinajstić information content (AvgIpc) is 2.90. The Labute approximate surface area is 173 Å². The number of fused-ring (bicyclic) bond motifs is 3. The third kappa shape index (κ3) is 2.86. The Bertz CT molecular complexity index is 807. The molecule has 0 heterocycles. The van der Waals surface area contributed by atoms with Crippen molar-refractivity contribution in [2.24, 2.45) is 5.92 Å². The SMILES string of the molecule is CCCCCCCCC12CCCC3=C(C)C=C(C)C(C)(c4ccc(C)cc41)C32. The lowest BCUT2D eigenvalue weighted by molar-refractivity contribution is 0.183. The van der Waals surface area contributed by atoms with Gasteiger partial charge in [-0.05, 0) is 57.6 Å². The van der Waals surface area contributed by atoms with E-state index < -0.39 is 0 Å². The van der Waals surface area contributed by atoms with E-state index in [9.17, 15) is 0 Å². The molecule has 1 aromatic rings. The Kier molecular flexibility index (Phi) is 5.36. The lowest BCUT2D eigenvalue weighted by Crippen LogP contribution is -2.45. The highest BCUT2D eigenvalue weighted by atomic mass is 14.6. The van der Waals surface area contributed by atoms with Crippen molar-refractivity contribution in [3.8, 4) is 0 Å². The summed E-state index contributed by atoms with van der Waals surface area (Å²) < 4.78 is 0. The molecule has 3 atom stereocenters. The fraction of sp³-hybridized carbons (Fsp3) is 0.643. The predicted octanol–water partition coefficient (Wildman–Crippen LogP) is 8.33. The molecule has 1 saturated carbocycles. The van der Waals surface area contributed by atoms with Gasteiger partial charge in [-0.3, -0.25) is 0 Å². The van der Waals surface area contributed by atoms with E-state index in [-0.39, 0.29) is 5.41 Å². The van der Waals surface area contributed by atoms with Crippen molar-refractivity contribution in [3.63, 3.8) is 0 Å². The molecule has 1 aromatic carbocycles. The highest BCUT2D eigenvalue weighted by molar-refractivity contribution is 5.61. The van der Waals surface area contributed by atoms with Crippen molar-refractivity contribution in [2.75, 3.05) is 0 Å². The van der Waals surface area contributed by atoms with Crippen LogP contribution in [-0.4, -0.2) is 0 Å². The van der Waals surface area contributed by atoms with E-state index in [2.05, 4.69) is 58.9 Å². The van der Waals surface area contributed by atoms with Crippen LogP contribution in [0.4, 0.5) is 0 Å².